The van der Waals surface area contributed by atoms with Crippen LogP contribution in [0.15, 0.2) is 23.9 Å². The summed E-state index contributed by atoms with van der Waals surface area (Å²) in [5.41, 5.74) is 1.40. The van der Waals surface area contributed by atoms with Crippen molar-refractivity contribution >= 4 is 17.4 Å². The zero-order valence-electron chi connectivity index (χ0n) is 18.6. The van der Waals surface area contributed by atoms with E-state index in [0.717, 1.165) is 12.8 Å². The van der Waals surface area contributed by atoms with Crippen molar-refractivity contribution in [1.29, 1.82) is 0 Å². The topological polar surface area (TPSA) is 88.5 Å². The molecular formula is C23H32N2O6. The van der Waals surface area contributed by atoms with Crippen LogP contribution in [0.5, 0.6) is 11.5 Å². The van der Waals surface area contributed by atoms with E-state index in [0.29, 0.717) is 67.6 Å². The molecule has 2 aliphatic rings. The lowest BCUT2D eigenvalue weighted by Crippen LogP contribution is -2.40. The molecule has 1 fully saturated rings. The molecule has 1 N–H and O–H groups in total. The summed E-state index contributed by atoms with van der Waals surface area (Å²) >= 11 is 0. The third kappa shape index (κ3) is 4.85. The van der Waals surface area contributed by atoms with Gasteiger partial charge in [0, 0.05) is 39.5 Å². The van der Waals surface area contributed by atoms with E-state index in [2.05, 4.69) is 0 Å². The summed E-state index contributed by atoms with van der Waals surface area (Å²) in [6.07, 6.45) is 2.35. The molecule has 1 atom stereocenters. The van der Waals surface area contributed by atoms with Gasteiger partial charge in [-0.1, -0.05) is 6.07 Å². The number of rotatable bonds is 10. The quantitative estimate of drug-likeness (QED) is 0.446. The van der Waals surface area contributed by atoms with E-state index in [1.54, 1.807) is 25.3 Å². The van der Waals surface area contributed by atoms with E-state index >= 15 is 0 Å². The number of imide groups is 1. The van der Waals surface area contributed by atoms with E-state index in [1.165, 1.54) is 12.0 Å². The summed E-state index contributed by atoms with van der Waals surface area (Å²) in [6, 6.07) is 5.25. The molecule has 2 aliphatic heterocycles. The Kier molecular flexibility index (Phi) is 7.92. The lowest BCUT2D eigenvalue weighted by molar-refractivity contribution is -0.137. The van der Waals surface area contributed by atoms with Crippen LogP contribution in [0, 0.1) is 5.92 Å². The highest BCUT2D eigenvalue weighted by molar-refractivity contribution is 6.35. The van der Waals surface area contributed by atoms with Crippen molar-refractivity contribution < 1.29 is 28.9 Å². The number of ether oxygens (including phenoxy) is 3. The number of piperidine rings is 1. The van der Waals surface area contributed by atoms with E-state index in [1.807, 2.05) is 11.8 Å². The highest BCUT2D eigenvalue weighted by Gasteiger charge is 2.42. The Hall–Kier alpha value is -2.58. The summed E-state index contributed by atoms with van der Waals surface area (Å²) in [6.45, 7) is 4.59. The van der Waals surface area contributed by atoms with Gasteiger partial charge in [-0.15, -0.1) is 0 Å². The molecule has 8 heteroatoms. The Morgan fingerprint density at radius 1 is 1.13 bits per heavy atom. The number of hydrogen-bond donors (Lipinski definition) is 1. The first-order valence-corrected chi connectivity index (χ1v) is 10.8. The maximum atomic E-state index is 13.4. The Labute approximate surface area is 183 Å². The van der Waals surface area contributed by atoms with Crippen molar-refractivity contribution in [2.75, 3.05) is 53.7 Å². The first kappa shape index (κ1) is 23.1. The van der Waals surface area contributed by atoms with Gasteiger partial charge in [0.25, 0.3) is 11.8 Å². The van der Waals surface area contributed by atoms with Crippen LogP contribution in [0.1, 0.15) is 31.7 Å². The Bertz CT molecular complexity index is 837. The Morgan fingerprint density at radius 3 is 2.58 bits per heavy atom. The van der Waals surface area contributed by atoms with Crippen LogP contribution in [0.3, 0.4) is 0 Å². The molecule has 1 aromatic carbocycles. The second-order valence-corrected chi connectivity index (χ2v) is 7.74. The van der Waals surface area contributed by atoms with Gasteiger partial charge in [-0.25, -0.2) is 0 Å². The van der Waals surface area contributed by atoms with Crippen molar-refractivity contribution in [2.45, 2.75) is 26.2 Å². The molecule has 0 radical (unpaired) electrons. The molecule has 0 aromatic heterocycles. The molecule has 8 nitrogen and oxygen atoms in total. The van der Waals surface area contributed by atoms with Crippen molar-refractivity contribution in [3.05, 3.63) is 29.5 Å². The molecule has 1 unspecified atom stereocenters. The highest BCUT2D eigenvalue weighted by Crippen LogP contribution is 2.37. The van der Waals surface area contributed by atoms with Crippen molar-refractivity contribution in [2.24, 2.45) is 5.92 Å². The first-order chi connectivity index (χ1) is 15.0. The fourth-order valence-corrected chi connectivity index (χ4v) is 4.20. The second kappa shape index (κ2) is 10.6. The van der Waals surface area contributed by atoms with E-state index < -0.39 is 0 Å². The van der Waals surface area contributed by atoms with Gasteiger partial charge >= 0.3 is 0 Å². The van der Waals surface area contributed by atoms with Crippen LogP contribution in [-0.4, -0.2) is 80.4 Å². The predicted octanol–water partition coefficient (Wildman–Crippen LogP) is 1.91. The number of methoxy groups -OCH3 is 2. The van der Waals surface area contributed by atoms with E-state index in [4.69, 9.17) is 14.2 Å². The number of carbonyl (C=O) groups is 2. The molecule has 31 heavy (non-hydrogen) atoms. The van der Waals surface area contributed by atoms with E-state index in [-0.39, 0.29) is 24.3 Å². The summed E-state index contributed by atoms with van der Waals surface area (Å²) in [5, 5.41) is 9.65. The minimum absolute atomic E-state index is 0.0652. The number of benzene rings is 1. The van der Waals surface area contributed by atoms with Gasteiger partial charge in [0.15, 0.2) is 11.5 Å². The van der Waals surface area contributed by atoms with Crippen LogP contribution in [-0.2, 0) is 14.3 Å². The van der Waals surface area contributed by atoms with Crippen LogP contribution >= 0.6 is 0 Å². The Morgan fingerprint density at radius 2 is 1.90 bits per heavy atom. The van der Waals surface area contributed by atoms with Crippen LogP contribution < -0.4 is 9.47 Å². The van der Waals surface area contributed by atoms with Gasteiger partial charge in [-0.3, -0.25) is 14.5 Å². The molecule has 1 aromatic rings. The fourth-order valence-electron chi connectivity index (χ4n) is 4.20. The average molecular weight is 433 g/mol. The molecule has 2 heterocycles. The second-order valence-electron chi connectivity index (χ2n) is 7.74. The third-order valence-corrected chi connectivity index (χ3v) is 5.78. The summed E-state index contributed by atoms with van der Waals surface area (Å²) in [4.78, 5) is 30.0. The molecule has 2 amide bonds. The average Bonchev–Trinajstić information content (AvgIpc) is 3.05. The molecule has 0 aliphatic carbocycles. The van der Waals surface area contributed by atoms with Crippen molar-refractivity contribution in [3.8, 4) is 11.5 Å². The van der Waals surface area contributed by atoms with Crippen molar-refractivity contribution in [1.82, 2.24) is 9.80 Å². The van der Waals surface area contributed by atoms with Gasteiger partial charge in [-0.2, -0.15) is 0 Å². The van der Waals surface area contributed by atoms with Gasteiger partial charge in [0.1, 0.15) is 5.70 Å². The lowest BCUT2D eigenvalue weighted by atomic mass is 9.96. The molecule has 3 rings (SSSR count). The standard InChI is InChI=1S/C23H32N2O6/c1-4-31-12-6-11-25-22(27)20(17-8-9-18(29-2)19(13-17)30-3)21(23(25)28)24-10-5-7-16(14-24)15-26/h8-9,13,16,26H,4-7,10-12,14-15H2,1-3H3. The van der Waals surface area contributed by atoms with E-state index in [9.17, 15) is 14.7 Å². The maximum Gasteiger partial charge on any atom is 0.277 e. The lowest BCUT2D eigenvalue weighted by Gasteiger charge is -2.34. The number of aliphatic hydroxyl groups is 1. The summed E-state index contributed by atoms with van der Waals surface area (Å²) < 4.78 is 16.1. The van der Waals surface area contributed by atoms with Gasteiger partial charge in [0.05, 0.1) is 19.8 Å². The number of likely N-dealkylation sites (tertiary alicyclic amines) is 1. The number of hydrogen-bond acceptors (Lipinski definition) is 7. The first-order valence-electron chi connectivity index (χ1n) is 10.8. The number of amides is 2. The van der Waals surface area contributed by atoms with Crippen LogP contribution in [0.4, 0.5) is 0 Å². The van der Waals surface area contributed by atoms with Gasteiger partial charge < -0.3 is 24.2 Å². The summed E-state index contributed by atoms with van der Waals surface area (Å²) in [5.74, 6) is 0.536. The smallest absolute Gasteiger partial charge is 0.277 e. The summed E-state index contributed by atoms with van der Waals surface area (Å²) in [7, 11) is 3.09. The molecule has 170 valence electrons. The Balaban J connectivity index is 1.99. The van der Waals surface area contributed by atoms with Crippen molar-refractivity contribution in [3.63, 3.8) is 0 Å². The third-order valence-electron chi connectivity index (χ3n) is 5.78. The van der Waals surface area contributed by atoms with Gasteiger partial charge in [0.2, 0.25) is 0 Å². The molecule has 0 bridgehead atoms. The number of carbonyl (C=O) groups excluding carboxylic acids is 2. The number of nitrogens with zero attached hydrogens (tertiary/aromatic N) is 2. The SMILES string of the molecule is CCOCCCN1C(=O)C(c2ccc(OC)c(OC)c2)=C(N2CCCC(CO)C2)C1=O. The molecular weight excluding hydrogens is 400 g/mol. The highest BCUT2D eigenvalue weighted by atomic mass is 16.5. The molecule has 0 saturated carbocycles. The maximum absolute atomic E-state index is 13.4. The van der Waals surface area contributed by atoms with Gasteiger partial charge in [-0.05, 0) is 49.8 Å². The normalized spacial score (nSPS) is 19.4. The minimum Gasteiger partial charge on any atom is -0.493 e. The number of aliphatic hydroxyl groups excluding tert-OH is 1. The molecule has 0 spiro atoms. The van der Waals surface area contributed by atoms with Crippen LogP contribution in [0.2, 0.25) is 0 Å². The zero-order chi connectivity index (χ0) is 22.4. The fraction of sp³-hybridized carbons (Fsp3) is 0.565. The largest absolute Gasteiger partial charge is 0.493 e. The minimum atomic E-state index is -0.310. The molecule has 1 saturated heterocycles. The zero-order valence-corrected chi connectivity index (χ0v) is 18.6. The monoisotopic (exact) mass is 432 g/mol. The van der Waals surface area contributed by atoms with Crippen LogP contribution in [0.25, 0.3) is 5.57 Å². The predicted molar refractivity (Wildman–Crippen MR) is 116 cm³/mol.